The van der Waals surface area contributed by atoms with Gasteiger partial charge >= 0.3 is 0 Å². The number of nitrogens with one attached hydrogen (secondary N) is 1. The lowest BCUT2D eigenvalue weighted by molar-refractivity contribution is 0.0993. The molecule has 2 aliphatic rings. The highest BCUT2D eigenvalue weighted by atomic mass is 16.5. The molecule has 0 aromatic heterocycles. The van der Waals surface area contributed by atoms with Gasteiger partial charge in [0.25, 0.3) is 0 Å². The van der Waals surface area contributed by atoms with Gasteiger partial charge in [0, 0.05) is 6.04 Å². The van der Waals surface area contributed by atoms with E-state index in [4.69, 9.17) is 4.74 Å². The summed E-state index contributed by atoms with van der Waals surface area (Å²) in [6.45, 7) is 1.03. The largest absolute Gasteiger partial charge is 0.497 e. The smallest absolute Gasteiger partial charge is 0.119 e. The van der Waals surface area contributed by atoms with E-state index in [1.807, 2.05) is 0 Å². The maximum Gasteiger partial charge on any atom is 0.119 e. The second-order valence-corrected chi connectivity index (χ2v) is 6.60. The molecule has 0 aliphatic heterocycles. The summed E-state index contributed by atoms with van der Waals surface area (Å²) in [5.41, 5.74) is 2.88. The average Bonchev–Trinajstić information content (AvgIpc) is 2.52. The van der Waals surface area contributed by atoms with E-state index in [2.05, 4.69) is 23.5 Å². The number of fused-ring (bicyclic) bond motifs is 1. The Kier molecular flexibility index (Phi) is 4.81. The zero-order valence-electron chi connectivity index (χ0n) is 13.0. The van der Waals surface area contributed by atoms with Crippen LogP contribution in [-0.2, 0) is 6.42 Å². The summed E-state index contributed by atoms with van der Waals surface area (Å²) in [6.07, 6.45) is 7.93. The maximum absolute atomic E-state index is 9.79. The van der Waals surface area contributed by atoms with Crippen molar-refractivity contribution in [3.63, 3.8) is 0 Å². The van der Waals surface area contributed by atoms with E-state index >= 15 is 0 Å². The molecule has 0 heterocycles. The van der Waals surface area contributed by atoms with E-state index in [9.17, 15) is 5.11 Å². The molecule has 3 unspecified atom stereocenters. The first-order chi connectivity index (χ1) is 10.3. The third-order valence-electron chi connectivity index (χ3n) is 5.07. The number of ether oxygens (including phenoxy) is 1. The fourth-order valence-corrected chi connectivity index (χ4v) is 3.89. The van der Waals surface area contributed by atoms with Crippen molar-refractivity contribution in [3.05, 3.63) is 29.3 Å². The molecule has 3 atom stereocenters. The predicted octanol–water partition coefficient (Wildman–Crippen LogP) is 3.21. The molecule has 3 rings (SSSR count). The van der Waals surface area contributed by atoms with Gasteiger partial charge < -0.3 is 15.2 Å². The van der Waals surface area contributed by atoms with Crippen molar-refractivity contribution in [2.45, 2.75) is 57.1 Å². The van der Waals surface area contributed by atoms with Crippen molar-refractivity contribution in [2.24, 2.45) is 5.92 Å². The summed E-state index contributed by atoms with van der Waals surface area (Å²) < 4.78 is 5.33. The van der Waals surface area contributed by atoms with Gasteiger partial charge in [-0.3, -0.25) is 0 Å². The molecular weight excluding hydrogens is 262 g/mol. The third-order valence-corrected chi connectivity index (χ3v) is 5.07. The van der Waals surface area contributed by atoms with Crippen molar-refractivity contribution >= 4 is 0 Å². The van der Waals surface area contributed by atoms with Crippen LogP contribution < -0.4 is 10.1 Å². The molecule has 1 fully saturated rings. The number of aryl methyl sites for hydroxylation is 1. The first kappa shape index (κ1) is 14.9. The van der Waals surface area contributed by atoms with Crippen LogP contribution in [0.1, 0.15) is 55.7 Å². The van der Waals surface area contributed by atoms with Gasteiger partial charge in [-0.25, -0.2) is 0 Å². The molecular formula is C18H27NO2. The quantitative estimate of drug-likeness (QED) is 0.894. The summed E-state index contributed by atoms with van der Waals surface area (Å²) in [7, 11) is 1.73. The molecule has 0 bridgehead atoms. The Morgan fingerprint density at radius 2 is 2.14 bits per heavy atom. The Bertz CT molecular complexity index is 474. The first-order valence-corrected chi connectivity index (χ1v) is 8.34. The molecule has 0 amide bonds. The molecule has 3 nitrogen and oxygen atoms in total. The maximum atomic E-state index is 9.79. The highest BCUT2D eigenvalue weighted by Crippen LogP contribution is 2.33. The minimum Gasteiger partial charge on any atom is -0.497 e. The van der Waals surface area contributed by atoms with Crippen molar-refractivity contribution in [2.75, 3.05) is 13.7 Å². The average molecular weight is 289 g/mol. The Morgan fingerprint density at radius 1 is 1.24 bits per heavy atom. The second-order valence-electron chi connectivity index (χ2n) is 6.60. The lowest BCUT2D eigenvalue weighted by Crippen LogP contribution is -2.33. The molecule has 2 aliphatic carbocycles. The third kappa shape index (κ3) is 3.58. The Labute approximate surface area is 127 Å². The zero-order valence-corrected chi connectivity index (χ0v) is 13.0. The van der Waals surface area contributed by atoms with Crippen LogP contribution in [0.5, 0.6) is 5.75 Å². The second kappa shape index (κ2) is 6.80. The fraction of sp³-hybridized carbons (Fsp3) is 0.667. The zero-order chi connectivity index (χ0) is 14.7. The van der Waals surface area contributed by atoms with Gasteiger partial charge in [-0.15, -0.1) is 0 Å². The van der Waals surface area contributed by atoms with E-state index in [-0.39, 0.29) is 6.10 Å². The molecule has 1 saturated carbocycles. The van der Waals surface area contributed by atoms with Crippen molar-refractivity contribution < 1.29 is 9.84 Å². The van der Waals surface area contributed by atoms with Crippen LogP contribution in [0.25, 0.3) is 0 Å². The van der Waals surface area contributed by atoms with E-state index < -0.39 is 0 Å². The molecule has 2 N–H and O–H groups in total. The van der Waals surface area contributed by atoms with Crippen molar-refractivity contribution in [1.29, 1.82) is 0 Å². The van der Waals surface area contributed by atoms with Gasteiger partial charge in [0.1, 0.15) is 5.75 Å². The Balaban J connectivity index is 1.62. The minimum absolute atomic E-state index is 0.0755. The normalized spacial score (nSPS) is 29.0. The van der Waals surface area contributed by atoms with Crippen LogP contribution in [0, 0.1) is 5.92 Å². The lowest BCUT2D eigenvalue weighted by Gasteiger charge is -2.31. The lowest BCUT2D eigenvalue weighted by atomic mass is 9.85. The van der Waals surface area contributed by atoms with Gasteiger partial charge in [-0.05, 0) is 74.2 Å². The van der Waals surface area contributed by atoms with Gasteiger partial charge in [0.05, 0.1) is 13.2 Å². The van der Waals surface area contributed by atoms with Crippen LogP contribution in [0.4, 0.5) is 0 Å². The highest BCUT2D eigenvalue weighted by molar-refractivity contribution is 5.39. The molecule has 0 saturated heterocycles. The standard InChI is InChI=1S/C18H27NO2/c1-21-16-8-9-17-14(11-16)5-3-7-18(17)19-12-13-4-2-6-15(20)10-13/h8-9,11,13,15,18-20H,2-7,10,12H2,1H3. The molecule has 116 valence electrons. The van der Waals surface area contributed by atoms with Crippen LogP contribution in [0.3, 0.4) is 0 Å². The monoisotopic (exact) mass is 289 g/mol. The number of aliphatic hydroxyl groups excluding tert-OH is 1. The van der Waals surface area contributed by atoms with Gasteiger partial charge in [-0.2, -0.15) is 0 Å². The van der Waals surface area contributed by atoms with E-state index in [1.165, 1.54) is 36.8 Å². The molecule has 1 aromatic carbocycles. The minimum atomic E-state index is -0.0755. The summed E-state index contributed by atoms with van der Waals surface area (Å²) in [4.78, 5) is 0. The van der Waals surface area contributed by atoms with Crippen molar-refractivity contribution in [3.8, 4) is 5.75 Å². The molecule has 21 heavy (non-hydrogen) atoms. The number of methoxy groups -OCH3 is 1. The van der Waals surface area contributed by atoms with Crippen LogP contribution in [0.2, 0.25) is 0 Å². The summed E-state index contributed by atoms with van der Waals surface area (Å²) >= 11 is 0. The number of hydrogen-bond donors (Lipinski definition) is 2. The summed E-state index contributed by atoms with van der Waals surface area (Å²) in [5, 5.41) is 13.5. The number of aliphatic hydroxyl groups is 1. The van der Waals surface area contributed by atoms with Crippen LogP contribution in [-0.4, -0.2) is 24.9 Å². The van der Waals surface area contributed by atoms with E-state index in [1.54, 1.807) is 7.11 Å². The first-order valence-electron chi connectivity index (χ1n) is 8.34. The molecule has 1 aromatic rings. The van der Waals surface area contributed by atoms with Gasteiger partial charge in [-0.1, -0.05) is 12.5 Å². The molecule has 0 radical (unpaired) electrons. The molecule has 0 spiro atoms. The SMILES string of the molecule is COc1ccc2c(c1)CCCC2NCC1CCCC(O)C1. The van der Waals surface area contributed by atoms with Crippen LogP contribution >= 0.6 is 0 Å². The van der Waals surface area contributed by atoms with Gasteiger partial charge in [0.2, 0.25) is 0 Å². The summed E-state index contributed by atoms with van der Waals surface area (Å²) in [5.74, 6) is 1.60. The van der Waals surface area contributed by atoms with E-state index in [0.717, 1.165) is 31.6 Å². The molecule has 3 heteroatoms. The van der Waals surface area contributed by atoms with E-state index in [0.29, 0.717) is 12.0 Å². The highest BCUT2D eigenvalue weighted by Gasteiger charge is 2.24. The van der Waals surface area contributed by atoms with Crippen molar-refractivity contribution in [1.82, 2.24) is 5.32 Å². The fourth-order valence-electron chi connectivity index (χ4n) is 3.89. The number of hydrogen-bond acceptors (Lipinski definition) is 3. The van der Waals surface area contributed by atoms with Gasteiger partial charge in [0.15, 0.2) is 0 Å². The predicted molar refractivity (Wildman–Crippen MR) is 84.6 cm³/mol. The number of benzene rings is 1. The van der Waals surface area contributed by atoms with Crippen LogP contribution in [0.15, 0.2) is 18.2 Å². The number of rotatable bonds is 4. The summed E-state index contributed by atoms with van der Waals surface area (Å²) in [6, 6.07) is 6.95. The Hall–Kier alpha value is -1.06. The Morgan fingerprint density at radius 3 is 2.95 bits per heavy atom. The topological polar surface area (TPSA) is 41.5 Å².